The van der Waals surface area contributed by atoms with Crippen molar-refractivity contribution in [3.63, 3.8) is 0 Å². The molecule has 1 N–H and O–H groups in total. The van der Waals surface area contributed by atoms with Gasteiger partial charge in [-0.3, -0.25) is 0 Å². The highest BCUT2D eigenvalue weighted by molar-refractivity contribution is 7.11. The van der Waals surface area contributed by atoms with Crippen molar-refractivity contribution in [3.8, 4) is 0 Å². The van der Waals surface area contributed by atoms with Gasteiger partial charge in [0.2, 0.25) is 0 Å². The number of nitrogens with one attached hydrogen (secondary N) is 1. The average molecular weight is 266 g/mol. The molecule has 1 aliphatic rings. The fourth-order valence-electron chi connectivity index (χ4n) is 2.51. The molecule has 0 aromatic carbocycles. The van der Waals surface area contributed by atoms with Gasteiger partial charge in [0, 0.05) is 4.88 Å². The van der Waals surface area contributed by atoms with Gasteiger partial charge in [-0.15, -0.1) is 11.3 Å². The Kier molecular flexibility index (Phi) is 5.19. The molecule has 3 heteroatoms. The van der Waals surface area contributed by atoms with E-state index in [2.05, 4.69) is 26.1 Å². The molecule has 0 amide bonds. The Hall–Kier alpha value is -0.410. The van der Waals surface area contributed by atoms with Crippen LogP contribution in [0.15, 0.2) is 0 Å². The number of aromatic nitrogens is 1. The van der Waals surface area contributed by atoms with Crippen LogP contribution in [-0.4, -0.2) is 11.5 Å². The van der Waals surface area contributed by atoms with E-state index in [-0.39, 0.29) is 0 Å². The fourth-order valence-corrected chi connectivity index (χ4v) is 3.69. The first-order chi connectivity index (χ1) is 8.70. The lowest BCUT2D eigenvalue weighted by molar-refractivity contribution is 0.453. The van der Waals surface area contributed by atoms with Gasteiger partial charge >= 0.3 is 0 Å². The summed E-state index contributed by atoms with van der Waals surface area (Å²) in [5.74, 6) is 0.778. The third kappa shape index (κ3) is 3.55. The van der Waals surface area contributed by atoms with Crippen LogP contribution >= 0.6 is 11.3 Å². The van der Waals surface area contributed by atoms with Crippen LogP contribution in [0.4, 0.5) is 0 Å². The zero-order chi connectivity index (χ0) is 13.0. The van der Waals surface area contributed by atoms with Crippen molar-refractivity contribution >= 4 is 11.3 Å². The van der Waals surface area contributed by atoms with Crippen molar-refractivity contribution in [1.29, 1.82) is 0 Å². The smallest absolute Gasteiger partial charge is 0.0931 e. The minimum Gasteiger partial charge on any atom is -0.309 e. The second kappa shape index (κ2) is 6.67. The molecular formula is C15H26N2S. The van der Waals surface area contributed by atoms with Gasteiger partial charge in [0.15, 0.2) is 0 Å². The van der Waals surface area contributed by atoms with Crippen LogP contribution in [0.2, 0.25) is 0 Å². The van der Waals surface area contributed by atoms with E-state index in [0.29, 0.717) is 6.04 Å². The Balaban J connectivity index is 2.03. The van der Waals surface area contributed by atoms with Crippen LogP contribution in [0.5, 0.6) is 0 Å². The maximum absolute atomic E-state index is 4.91. The number of hydrogen-bond donors (Lipinski definition) is 1. The number of thiazole rings is 1. The normalized spacial score (nSPS) is 19.2. The monoisotopic (exact) mass is 266 g/mol. The molecule has 0 saturated heterocycles. The van der Waals surface area contributed by atoms with Crippen molar-refractivity contribution in [3.05, 3.63) is 15.6 Å². The van der Waals surface area contributed by atoms with Crippen LogP contribution in [0, 0.1) is 5.92 Å². The molecular weight excluding hydrogens is 240 g/mol. The second-order valence-corrected chi connectivity index (χ2v) is 6.92. The molecule has 0 bridgehead atoms. The van der Waals surface area contributed by atoms with E-state index in [4.69, 9.17) is 4.98 Å². The zero-order valence-electron chi connectivity index (χ0n) is 12.0. The number of fused-ring (bicyclic) bond motifs is 1. The van der Waals surface area contributed by atoms with Crippen molar-refractivity contribution < 1.29 is 0 Å². The zero-order valence-corrected chi connectivity index (χ0v) is 12.8. The van der Waals surface area contributed by atoms with Gasteiger partial charge in [-0.25, -0.2) is 4.98 Å². The van der Waals surface area contributed by atoms with E-state index >= 15 is 0 Å². The number of rotatable bonds is 6. The molecule has 0 saturated carbocycles. The molecule has 0 radical (unpaired) electrons. The van der Waals surface area contributed by atoms with Crippen molar-refractivity contribution in [2.24, 2.45) is 5.92 Å². The lowest BCUT2D eigenvalue weighted by atomic mass is 9.97. The molecule has 0 spiro atoms. The summed E-state index contributed by atoms with van der Waals surface area (Å²) in [5.41, 5.74) is 1.37. The molecule has 1 unspecified atom stereocenters. The molecule has 18 heavy (non-hydrogen) atoms. The predicted octanol–water partition coefficient (Wildman–Crippen LogP) is 4.11. The molecule has 1 aromatic rings. The first kappa shape index (κ1) is 14.0. The first-order valence-electron chi connectivity index (χ1n) is 7.42. The summed E-state index contributed by atoms with van der Waals surface area (Å²) in [7, 11) is 0. The highest BCUT2D eigenvalue weighted by Gasteiger charge is 2.23. The minimum absolute atomic E-state index is 0.526. The Morgan fingerprint density at radius 1 is 1.44 bits per heavy atom. The Labute approximate surface area is 115 Å². The Bertz CT molecular complexity index is 371. The van der Waals surface area contributed by atoms with Crippen LogP contribution < -0.4 is 5.32 Å². The maximum atomic E-state index is 4.91. The van der Waals surface area contributed by atoms with Crippen molar-refractivity contribution in [2.45, 2.75) is 65.3 Å². The van der Waals surface area contributed by atoms with Gasteiger partial charge in [0.25, 0.3) is 0 Å². The third-order valence-corrected chi connectivity index (χ3v) is 4.77. The van der Waals surface area contributed by atoms with Gasteiger partial charge < -0.3 is 5.32 Å². The molecule has 1 aromatic heterocycles. The van der Waals surface area contributed by atoms with Crippen LogP contribution in [0.1, 0.15) is 68.1 Å². The standard InChI is InChI=1S/C15H26N2S/c1-4-10-16-12-6-5-7-13-15(12)17-14(18-13)9-8-11(2)3/h11-12,16H,4-10H2,1-3H3. The molecule has 0 fully saturated rings. The lowest BCUT2D eigenvalue weighted by Gasteiger charge is -2.22. The molecule has 1 heterocycles. The summed E-state index contributed by atoms with van der Waals surface area (Å²) < 4.78 is 0. The number of aryl methyl sites for hydroxylation is 2. The van der Waals surface area contributed by atoms with Gasteiger partial charge in [-0.1, -0.05) is 20.8 Å². The highest BCUT2D eigenvalue weighted by atomic mass is 32.1. The summed E-state index contributed by atoms with van der Waals surface area (Å²) in [6, 6.07) is 0.526. The van der Waals surface area contributed by atoms with Crippen LogP contribution in [-0.2, 0) is 12.8 Å². The molecule has 2 nitrogen and oxygen atoms in total. The summed E-state index contributed by atoms with van der Waals surface area (Å²) in [6.45, 7) is 7.92. The van der Waals surface area contributed by atoms with E-state index in [0.717, 1.165) is 18.9 Å². The van der Waals surface area contributed by atoms with Crippen LogP contribution in [0.25, 0.3) is 0 Å². The Morgan fingerprint density at radius 3 is 3.00 bits per heavy atom. The van der Waals surface area contributed by atoms with Crippen molar-refractivity contribution in [1.82, 2.24) is 10.3 Å². The average Bonchev–Trinajstić information content (AvgIpc) is 2.77. The number of nitrogens with zero attached hydrogens (tertiary/aromatic N) is 1. The maximum Gasteiger partial charge on any atom is 0.0931 e. The summed E-state index contributed by atoms with van der Waals surface area (Å²) >= 11 is 1.96. The van der Waals surface area contributed by atoms with E-state index in [1.165, 1.54) is 42.8 Å². The van der Waals surface area contributed by atoms with Gasteiger partial charge in [0.05, 0.1) is 16.7 Å². The summed E-state index contributed by atoms with van der Waals surface area (Å²) in [5, 5.41) is 5.01. The van der Waals surface area contributed by atoms with Gasteiger partial charge in [-0.05, 0) is 51.0 Å². The highest BCUT2D eigenvalue weighted by Crippen LogP contribution is 2.33. The van der Waals surface area contributed by atoms with E-state index in [1.807, 2.05) is 11.3 Å². The molecule has 102 valence electrons. The topological polar surface area (TPSA) is 24.9 Å². The lowest BCUT2D eigenvalue weighted by Crippen LogP contribution is -2.25. The fraction of sp³-hybridized carbons (Fsp3) is 0.800. The predicted molar refractivity (Wildman–Crippen MR) is 79.2 cm³/mol. The van der Waals surface area contributed by atoms with E-state index < -0.39 is 0 Å². The van der Waals surface area contributed by atoms with Crippen LogP contribution in [0.3, 0.4) is 0 Å². The van der Waals surface area contributed by atoms with E-state index in [9.17, 15) is 0 Å². The summed E-state index contributed by atoms with van der Waals surface area (Å²) in [4.78, 5) is 6.46. The second-order valence-electron chi connectivity index (χ2n) is 5.75. The van der Waals surface area contributed by atoms with Gasteiger partial charge in [-0.2, -0.15) is 0 Å². The van der Waals surface area contributed by atoms with Crippen molar-refractivity contribution in [2.75, 3.05) is 6.54 Å². The Morgan fingerprint density at radius 2 is 2.28 bits per heavy atom. The van der Waals surface area contributed by atoms with E-state index in [1.54, 1.807) is 4.88 Å². The molecule has 0 aliphatic heterocycles. The molecule has 1 atom stereocenters. The number of hydrogen-bond acceptors (Lipinski definition) is 3. The minimum atomic E-state index is 0.526. The SMILES string of the molecule is CCCNC1CCCc2sc(CCC(C)C)nc21. The summed E-state index contributed by atoms with van der Waals surface area (Å²) in [6.07, 6.45) is 7.46. The first-order valence-corrected chi connectivity index (χ1v) is 8.24. The molecule has 2 rings (SSSR count). The molecule has 1 aliphatic carbocycles. The third-order valence-electron chi connectivity index (χ3n) is 3.57. The quantitative estimate of drug-likeness (QED) is 0.838. The largest absolute Gasteiger partial charge is 0.309 e. The van der Waals surface area contributed by atoms with Gasteiger partial charge in [0.1, 0.15) is 0 Å².